The van der Waals surface area contributed by atoms with E-state index in [-0.39, 0.29) is 37.4 Å². The first kappa shape index (κ1) is 35.5. The molecule has 12 nitrogen and oxygen atoms in total. The molecule has 222 valence electrons. The molecule has 13 heteroatoms. The molecular formula is C30H33ClN10O2. The number of benzene rings is 3. The number of nitrogens with two attached hydrogens (primary N) is 1. The number of hydrazone groups is 1. The van der Waals surface area contributed by atoms with Gasteiger partial charge in [-0.2, -0.15) is 30.2 Å². The van der Waals surface area contributed by atoms with Gasteiger partial charge in [0.15, 0.2) is 0 Å². The number of aromatic nitrogens is 2. The summed E-state index contributed by atoms with van der Waals surface area (Å²) in [7, 11) is 0. The summed E-state index contributed by atoms with van der Waals surface area (Å²) in [5.74, 6) is 5.04. The Kier molecular flexibility index (Phi) is 13.2. The highest BCUT2D eigenvalue weighted by molar-refractivity contribution is 6.12. The number of carbonyl (C=O) groups excluding carboxylic acids is 1. The number of aryl methyl sites for hydroxylation is 1. The number of para-hydroxylation sites is 3. The minimum Gasteiger partial charge on any atom is -0.420 e. The first-order chi connectivity index (χ1) is 19.4. The third kappa shape index (κ3) is 8.03. The Morgan fingerprint density at radius 1 is 0.977 bits per heavy atom. The number of hydrogen-bond donors (Lipinski definition) is 4. The van der Waals surface area contributed by atoms with Gasteiger partial charge in [0, 0.05) is 11.8 Å². The van der Waals surface area contributed by atoms with Gasteiger partial charge in [-0.3, -0.25) is 16.0 Å². The Hall–Kier alpha value is -5.53. The average molecular weight is 601 g/mol. The molecule has 1 aliphatic heterocycles. The van der Waals surface area contributed by atoms with Crippen LogP contribution < -0.4 is 28.0 Å². The number of nitrogens with zero attached hydrogens (tertiary/aromatic N) is 6. The van der Waals surface area contributed by atoms with Crippen LogP contribution in [-0.4, -0.2) is 21.2 Å². The Morgan fingerprint density at radius 3 is 2.19 bits per heavy atom. The number of hydrogen-bond acceptors (Lipinski definition) is 10. The summed E-state index contributed by atoms with van der Waals surface area (Å²) >= 11 is 0. The van der Waals surface area contributed by atoms with Crippen molar-refractivity contribution in [2.75, 3.05) is 10.4 Å². The van der Waals surface area contributed by atoms with Crippen LogP contribution in [-0.2, 0) is 4.79 Å². The summed E-state index contributed by atoms with van der Waals surface area (Å²) < 4.78 is 7.09. The molecule has 0 unspecified atom stereocenters. The van der Waals surface area contributed by atoms with Gasteiger partial charge in [-0.05, 0) is 50.2 Å². The van der Waals surface area contributed by atoms with E-state index in [0.29, 0.717) is 34.6 Å². The van der Waals surface area contributed by atoms with E-state index >= 15 is 0 Å². The predicted octanol–water partition coefficient (Wildman–Crippen LogP) is 5.60. The molecule has 2 aromatic heterocycles. The lowest BCUT2D eigenvalue weighted by molar-refractivity contribution is -0.116. The number of nitrogens with one attached hydrogen (secondary N) is 2. The van der Waals surface area contributed by atoms with Crippen molar-refractivity contribution in [3.8, 4) is 12.1 Å². The standard InChI is InChI=1S/2C11H9N3O.C7H7N3.CH4.ClH.H3N/c1-7-6-10-14(13-7)9-5-3-2-4-8(9)11(12)15-10;1-8-6-11(15)14(13-8)10-5-3-2-4-9(10)7-12;8-5-6-3-1-2-4-7(6)10-9;;;/h2-6,12H,1H3;2-5H,6H2,1H3;1-4,10H,9H2;1H4;1H;1H3. The van der Waals surface area contributed by atoms with Crippen molar-refractivity contribution in [3.05, 3.63) is 101 Å². The number of nitrogen functional groups attached to an aromatic ring is 1. The SMILES string of the molecule is C.CC1=NN(c2ccccc2C#N)C(=O)C1.Cc1cc2oc(=N)c3ccccc3n2n1.Cl.N.N#Cc1ccccc1NN. The molecule has 0 atom stereocenters. The van der Waals surface area contributed by atoms with Crippen LogP contribution in [0.15, 0.2) is 88.4 Å². The number of rotatable bonds is 2. The highest BCUT2D eigenvalue weighted by Gasteiger charge is 2.24. The van der Waals surface area contributed by atoms with E-state index in [1.165, 1.54) is 5.01 Å². The summed E-state index contributed by atoms with van der Waals surface area (Å²) in [5.41, 5.74) is 8.00. The molecule has 1 aliphatic rings. The fraction of sp³-hybridized carbons (Fsp3) is 0.133. The highest BCUT2D eigenvalue weighted by Crippen LogP contribution is 2.24. The summed E-state index contributed by atoms with van der Waals surface area (Å²) in [6.45, 7) is 3.70. The molecule has 5 aromatic rings. The van der Waals surface area contributed by atoms with E-state index in [9.17, 15) is 4.79 Å². The smallest absolute Gasteiger partial charge is 0.253 e. The molecule has 43 heavy (non-hydrogen) atoms. The molecule has 6 rings (SSSR count). The Morgan fingerprint density at radius 2 is 1.58 bits per heavy atom. The number of carbonyl (C=O) groups is 1. The Bertz CT molecular complexity index is 1880. The van der Waals surface area contributed by atoms with Crippen LogP contribution in [0.25, 0.3) is 16.6 Å². The molecule has 0 saturated heterocycles. The van der Waals surface area contributed by atoms with Crippen molar-refractivity contribution in [1.29, 1.82) is 15.9 Å². The lowest BCUT2D eigenvalue weighted by atomic mass is 10.2. The van der Waals surface area contributed by atoms with Crippen LogP contribution >= 0.6 is 12.4 Å². The predicted molar refractivity (Wildman–Crippen MR) is 170 cm³/mol. The third-order valence-electron chi connectivity index (χ3n) is 5.75. The maximum Gasteiger partial charge on any atom is 0.253 e. The second-order valence-electron chi connectivity index (χ2n) is 8.63. The van der Waals surface area contributed by atoms with Gasteiger partial charge in [0.05, 0.1) is 45.5 Å². The third-order valence-corrected chi connectivity index (χ3v) is 5.75. The summed E-state index contributed by atoms with van der Waals surface area (Å²) in [4.78, 5) is 11.6. The monoisotopic (exact) mass is 600 g/mol. The van der Waals surface area contributed by atoms with Crippen LogP contribution in [0.1, 0.15) is 37.6 Å². The largest absolute Gasteiger partial charge is 0.420 e. The van der Waals surface area contributed by atoms with E-state index in [1.807, 2.05) is 55.5 Å². The molecule has 0 radical (unpaired) electrons. The molecule has 7 N–H and O–H groups in total. The lowest BCUT2D eigenvalue weighted by Crippen LogP contribution is -2.20. The van der Waals surface area contributed by atoms with Gasteiger partial charge in [-0.25, -0.2) is 0 Å². The van der Waals surface area contributed by atoms with Crippen molar-refractivity contribution >= 4 is 52.0 Å². The van der Waals surface area contributed by atoms with Crippen molar-refractivity contribution in [2.24, 2.45) is 10.9 Å². The van der Waals surface area contributed by atoms with Crippen LogP contribution in [0.4, 0.5) is 11.4 Å². The van der Waals surface area contributed by atoms with E-state index in [0.717, 1.165) is 22.3 Å². The quantitative estimate of drug-likeness (QED) is 0.147. The van der Waals surface area contributed by atoms with Crippen molar-refractivity contribution in [3.63, 3.8) is 0 Å². The average Bonchev–Trinajstić information content (AvgIpc) is 3.53. The molecule has 0 bridgehead atoms. The van der Waals surface area contributed by atoms with Crippen LogP contribution in [0.2, 0.25) is 0 Å². The zero-order valence-corrected chi connectivity index (χ0v) is 23.7. The fourth-order valence-electron chi connectivity index (χ4n) is 3.93. The van der Waals surface area contributed by atoms with Crippen molar-refractivity contribution in [2.45, 2.75) is 27.7 Å². The fourth-order valence-corrected chi connectivity index (χ4v) is 3.93. The molecule has 0 spiro atoms. The van der Waals surface area contributed by atoms with Gasteiger partial charge in [0.2, 0.25) is 11.3 Å². The van der Waals surface area contributed by atoms with Gasteiger partial charge >= 0.3 is 0 Å². The van der Waals surface area contributed by atoms with Gasteiger partial charge in [0.25, 0.3) is 5.91 Å². The molecule has 0 aliphatic carbocycles. The maximum absolute atomic E-state index is 11.6. The first-order valence-corrected chi connectivity index (χ1v) is 12.1. The molecule has 3 heterocycles. The molecular weight excluding hydrogens is 568 g/mol. The summed E-state index contributed by atoms with van der Waals surface area (Å²) in [6.07, 6.45) is 0.333. The molecule has 1 amide bonds. The van der Waals surface area contributed by atoms with Gasteiger partial charge in [-0.1, -0.05) is 43.8 Å². The van der Waals surface area contributed by atoms with E-state index in [4.69, 9.17) is 26.2 Å². The minimum absolute atomic E-state index is 0. The number of halogens is 1. The van der Waals surface area contributed by atoms with E-state index in [2.05, 4.69) is 15.6 Å². The minimum atomic E-state index is -0.0878. The van der Waals surface area contributed by atoms with E-state index < -0.39 is 0 Å². The van der Waals surface area contributed by atoms with Crippen LogP contribution in [0, 0.1) is 35.0 Å². The van der Waals surface area contributed by atoms with Crippen molar-refractivity contribution < 1.29 is 9.21 Å². The van der Waals surface area contributed by atoms with Crippen LogP contribution in [0.5, 0.6) is 0 Å². The zero-order chi connectivity index (χ0) is 28.6. The van der Waals surface area contributed by atoms with Crippen LogP contribution in [0.3, 0.4) is 0 Å². The molecule has 0 saturated carbocycles. The second-order valence-corrected chi connectivity index (χ2v) is 8.63. The molecule has 3 aromatic carbocycles. The lowest BCUT2D eigenvalue weighted by Gasteiger charge is -2.12. The maximum atomic E-state index is 11.6. The number of anilines is 2. The topological polar surface area (TPSA) is 208 Å². The number of nitriles is 2. The first-order valence-electron chi connectivity index (χ1n) is 12.1. The van der Waals surface area contributed by atoms with Gasteiger partial charge in [-0.15, -0.1) is 12.4 Å². The number of hydrazine groups is 1. The normalized spacial score (nSPS) is 11.1. The summed E-state index contributed by atoms with van der Waals surface area (Å²) in [5, 5.41) is 35.6. The second kappa shape index (κ2) is 16.0. The summed E-state index contributed by atoms with van der Waals surface area (Å²) in [6, 6.07) is 27.5. The Balaban J connectivity index is 0.000000319. The number of fused-ring (bicyclic) bond motifs is 3. The van der Waals surface area contributed by atoms with Crippen molar-refractivity contribution in [1.82, 2.24) is 15.8 Å². The van der Waals surface area contributed by atoms with Gasteiger partial charge in [0.1, 0.15) is 12.1 Å². The number of amides is 1. The van der Waals surface area contributed by atoms with Gasteiger partial charge < -0.3 is 16.0 Å². The Labute approximate surface area is 255 Å². The molecule has 0 fully saturated rings. The zero-order valence-electron chi connectivity index (χ0n) is 22.9. The van der Waals surface area contributed by atoms with E-state index in [1.54, 1.807) is 53.9 Å². The highest BCUT2D eigenvalue weighted by atomic mass is 35.5.